The van der Waals surface area contributed by atoms with Crippen molar-refractivity contribution >= 4 is 40.0 Å². The van der Waals surface area contributed by atoms with Crippen LogP contribution in [-0.2, 0) is 0 Å². The summed E-state index contributed by atoms with van der Waals surface area (Å²) >= 11 is 6.53. The highest BCUT2D eigenvalue weighted by molar-refractivity contribution is 6.32. The van der Waals surface area contributed by atoms with Crippen LogP contribution < -0.4 is 20.4 Å². The Labute approximate surface area is 279 Å². The quantitative estimate of drug-likeness (QED) is 0.111. The smallest absolute Gasteiger partial charge is 0.261 e. The highest BCUT2D eigenvalue weighted by Crippen LogP contribution is 2.29. The van der Waals surface area contributed by atoms with Crippen molar-refractivity contribution in [3.63, 3.8) is 0 Å². The van der Waals surface area contributed by atoms with Crippen LogP contribution in [0.5, 0.6) is 5.75 Å². The number of carbonyl (C=O) groups is 1. The number of nitrogens with zero attached hydrogens (tertiary/aromatic N) is 4. The molecule has 1 saturated heterocycles. The molecule has 11 heteroatoms. The Morgan fingerprint density at radius 2 is 1.70 bits per heavy atom. The first-order valence-electron chi connectivity index (χ1n) is 16.4. The number of carbonyl (C=O) groups excluding carboxylic acids is 1. The topological polar surface area (TPSA) is 76.5 Å². The molecule has 4 aromatic rings. The van der Waals surface area contributed by atoms with E-state index in [1.165, 1.54) is 62.5 Å². The first-order valence-corrected chi connectivity index (χ1v) is 16.8. The van der Waals surface area contributed by atoms with E-state index < -0.39 is 23.0 Å². The van der Waals surface area contributed by atoms with Gasteiger partial charge in [0.05, 0.1) is 48.9 Å². The summed E-state index contributed by atoms with van der Waals surface area (Å²) in [6.07, 6.45) is 9.71. The lowest BCUT2D eigenvalue weighted by atomic mass is 10.1. The predicted octanol–water partition coefficient (Wildman–Crippen LogP) is 7.60. The van der Waals surface area contributed by atoms with E-state index in [2.05, 4.69) is 12.2 Å². The van der Waals surface area contributed by atoms with Crippen LogP contribution in [0, 0.1) is 11.6 Å². The number of unbranched alkanes of at least 4 members (excludes halogenated alkanes) is 4. The summed E-state index contributed by atoms with van der Waals surface area (Å²) in [5.74, 6) is -1.44. The normalized spacial score (nSPS) is 14.0. The molecule has 1 N–H and O–H groups in total. The first-order chi connectivity index (χ1) is 22.6. The van der Waals surface area contributed by atoms with E-state index in [0.717, 1.165) is 31.4 Å². The molecule has 1 fully saturated rings. The zero-order valence-electron chi connectivity index (χ0n) is 27.3. The number of benzene rings is 2. The molecule has 0 bridgehead atoms. The lowest BCUT2D eigenvalue weighted by Crippen LogP contribution is -2.45. The number of pyridine rings is 2. The molecule has 0 atom stereocenters. The number of likely N-dealkylation sites (tertiary alicyclic amines) is 1. The molecule has 0 saturated carbocycles. The second-order valence-electron chi connectivity index (χ2n) is 12.6. The van der Waals surface area contributed by atoms with Crippen LogP contribution in [-0.4, -0.2) is 66.8 Å². The summed E-state index contributed by atoms with van der Waals surface area (Å²) < 4.78 is 36.6. The van der Waals surface area contributed by atoms with Crippen molar-refractivity contribution in [3.05, 3.63) is 87.2 Å². The summed E-state index contributed by atoms with van der Waals surface area (Å²) in [6.45, 7) is 8.00. The van der Waals surface area contributed by atoms with Crippen molar-refractivity contribution in [2.45, 2.75) is 51.9 Å². The maximum absolute atomic E-state index is 13.8. The van der Waals surface area contributed by atoms with Crippen LogP contribution in [0.25, 0.3) is 16.7 Å². The molecule has 47 heavy (non-hydrogen) atoms. The van der Waals surface area contributed by atoms with Crippen molar-refractivity contribution in [1.29, 1.82) is 0 Å². The number of halogens is 3. The van der Waals surface area contributed by atoms with Crippen LogP contribution in [0.4, 0.5) is 20.3 Å². The number of hydrogen-bond acceptors (Lipinski definition) is 5. The molecule has 2 aromatic carbocycles. The maximum Gasteiger partial charge on any atom is 0.261 e. The summed E-state index contributed by atoms with van der Waals surface area (Å²) in [4.78, 5) is 33.3. The van der Waals surface area contributed by atoms with Gasteiger partial charge < -0.3 is 24.0 Å². The molecular formula is C36H43ClF2N5O3+. The minimum absolute atomic E-state index is 0.111. The van der Waals surface area contributed by atoms with Crippen molar-refractivity contribution in [3.8, 4) is 11.4 Å². The number of fused-ring (bicyclic) bond motifs is 1. The third-order valence-corrected chi connectivity index (χ3v) is 9.38. The molecule has 1 aliphatic rings. The van der Waals surface area contributed by atoms with Crippen molar-refractivity contribution in [2.24, 2.45) is 0 Å². The molecule has 1 aliphatic heterocycles. The van der Waals surface area contributed by atoms with E-state index in [1.54, 1.807) is 39.8 Å². The molecule has 0 radical (unpaired) electrons. The molecule has 1 amide bonds. The number of quaternary nitrogens is 1. The molecule has 0 spiro atoms. The van der Waals surface area contributed by atoms with E-state index in [4.69, 9.17) is 21.3 Å². The monoisotopic (exact) mass is 666 g/mol. The zero-order valence-corrected chi connectivity index (χ0v) is 28.1. The average molecular weight is 667 g/mol. The standard InChI is InChI=1S/C36H42ClF2N5O3/c1-4-44(17-9-10-18-44)16-8-6-5-7-11-19-47-32-23-28(12-14-31(32)37)43-24-30(36(46)40-27-21-25(38)20-26(39)22-27)34(45)29-13-15-33(42(2)3)41-35(29)43/h12-15,20-24H,4-11,16-19H2,1-3H3/p+1. The highest BCUT2D eigenvalue weighted by Gasteiger charge is 2.29. The van der Waals surface area contributed by atoms with Gasteiger partial charge in [-0.25, -0.2) is 13.8 Å². The summed E-state index contributed by atoms with van der Waals surface area (Å²) in [5, 5.41) is 3.07. The molecule has 8 nitrogen and oxygen atoms in total. The molecule has 3 heterocycles. The van der Waals surface area contributed by atoms with E-state index >= 15 is 0 Å². The van der Waals surface area contributed by atoms with Gasteiger partial charge in [-0.2, -0.15) is 0 Å². The van der Waals surface area contributed by atoms with Gasteiger partial charge in [-0.15, -0.1) is 0 Å². The van der Waals surface area contributed by atoms with Gasteiger partial charge in [0.15, 0.2) is 5.65 Å². The number of ether oxygens (including phenoxy) is 1. The molecule has 250 valence electrons. The van der Waals surface area contributed by atoms with Crippen LogP contribution in [0.15, 0.2) is 59.5 Å². The van der Waals surface area contributed by atoms with Crippen LogP contribution in [0.3, 0.4) is 0 Å². The van der Waals surface area contributed by atoms with Crippen LogP contribution in [0.2, 0.25) is 5.02 Å². The number of aromatic nitrogens is 2. The lowest BCUT2D eigenvalue weighted by Gasteiger charge is -2.33. The number of rotatable bonds is 14. The first kappa shape index (κ1) is 34.3. The largest absolute Gasteiger partial charge is 0.492 e. The fraction of sp³-hybridized carbons (Fsp3) is 0.417. The maximum atomic E-state index is 13.8. The van der Waals surface area contributed by atoms with E-state index in [-0.39, 0.29) is 16.6 Å². The van der Waals surface area contributed by atoms with Crippen LogP contribution in [0.1, 0.15) is 62.2 Å². The summed E-state index contributed by atoms with van der Waals surface area (Å²) in [5.41, 5.74) is -0.0152. The summed E-state index contributed by atoms with van der Waals surface area (Å²) in [6, 6.07) is 11.2. The Kier molecular flexibility index (Phi) is 11.1. The van der Waals surface area contributed by atoms with E-state index in [1.807, 2.05) is 14.1 Å². The highest BCUT2D eigenvalue weighted by atomic mass is 35.5. The molecule has 2 aromatic heterocycles. The molecule has 0 aliphatic carbocycles. The third-order valence-electron chi connectivity index (χ3n) is 9.07. The second-order valence-corrected chi connectivity index (χ2v) is 13.0. The zero-order chi connectivity index (χ0) is 33.6. The lowest BCUT2D eigenvalue weighted by molar-refractivity contribution is -0.915. The van der Waals surface area contributed by atoms with Gasteiger partial charge in [0.25, 0.3) is 5.91 Å². The van der Waals surface area contributed by atoms with Gasteiger partial charge in [0.2, 0.25) is 5.43 Å². The number of amides is 1. The average Bonchev–Trinajstić information content (AvgIpc) is 3.52. The van der Waals surface area contributed by atoms with Crippen molar-refractivity contribution in [2.75, 3.05) is 57.1 Å². The van der Waals surface area contributed by atoms with Gasteiger partial charge in [-0.1, -0.05) is 24.4 Å². The SMILES string of the molecule is CC[N+]1(CCCCCCCOc2cc(-n3cc(C(=O)Nc4cc(F)cc(F)c4)c(=O)c4ccc(N(C)C)nc43)ccc2Cl)CCCC1. The number of anilines is 2. The number of nitrogens with one attached hydrogen (secondary N) is 1. The van der Waals surface area contributed by atoms with Gasteiger partial charge in [-0.3, -0.25) is 9.59 Å². The van der Waals surface area contributed by atoms with E-state index in [0.29, 0.717) is 40.6 Å². The van der Waals surface area contributed by atoms with Crippen LogP contribution >= 0.6 is 11.6 Å². The molecule has 5 rings (SSSR count). The Morgan fingerprint density at radius 1 is 1.00 bits per heavy atom. The predicted molar refractivity (Wildman–Crippen MR) is 184 cm³/mol. The minimum atomic E-state index is -0.853. The van der Waals surface area contributed by atoms with Gasteiger partial charge >= 0.3 is 0 Å². The van der Waals surface area contributed by atoms with Gasteiger partial charge in [-0.05, 0) is 62.6 Å². The van der Waals surface area contributed by atoms with Crippen molar-refractivity contribution < 1.29 is 22.8 Å². The van der Waals surface area contributed by atoms with Gasteiger partial charge in [0, 0.05) is 51.0 Å². The fourth-order valence-corrected chi connectivity index (χ4v) is 6.52. The van der Waals surface area contributed by atoms with Crippen molar-refractivity contribution in [1.82, 2.24) is 9.55 Å². The fourth-order valence-electron chi connectivity index (χ4n) is 6.34. The molecular weight excluding hydrogens is 624 g/mol. The van der Waals surface area contributed by atoms with Gasteiger partial charge in [0.1, 0.15) is 28.8 Å². The van der Waals surface area contributed by atoms with E-state index in [9.17, 15) is 18.4 Å². The number of hydrogen-bond donors (Lipinski definition) is 1. The third kappa shape index (κ3) is 8.29. The Morgan fingerprint density at radius 3 is 2.40 bits per heavy atom. The minimum Gasteiger partial charge on any atom is -0.492 e. The molecule has 0 unspecified atom stereocenters. The second kappa shape index (κ2) is 15.3. The Bertz CT molecular complexity index is 1770. The Hall–Kier alpha value is -4.02. The summed E-state index contributed by atoms with van der Waals surface area (Å²) in [7, 11) is 3.67. The Balaban J connectivity index is 1.33.